The number of rotatable bonds is 4. The molecule has 0 saturated carbocycles. The zero-order chi connectivity index (χ0) is 10.8. The summed E-state index contributed by atoms with van der Waals surface area (Å²) in [6.07, 6.45) is 1.83. The van der Waals surface area contributed by atoms with E-state index in [0.29, 0.717) is 6.54 Å². The van der Waals surface area contributed by atoms with Crippen molar-refractivity contribution < 1.29 is 5.11 Å². The van der Waals surface area contributed by atoms with Crippen LogP contribution < -0.4 is 5.73 Å². The summed E-state index contributed by atoms with van der Waals surface area (Å²) in [5, 5.41) is 16.8. The molecule has 0 amide bonds. The average Bonchev–Trinajstić information content (AvgIpc) is 2.51. The Morgan fingerprint density at radius 1 is 1.64 bits per heavy atom. The third kappa shape index (κ3) is 2.78. The van der Waals surface area contributed by atoms with Gasteiger partial charge in [0.2, 0.25) is 0 Å². The third-order valence-corrected chi connectivity index (χ3v) is 2.01. The molecule has 3 N–H and O–H groups in total. The summed E-state index contributed by atoms with van der Waals surface area (Å²) in [4.78, 5) is 0. The van der Waals surface area contributed by atoms with Crippen LogP contribution >= 0.6 is 0 Å². The zero-order valence-electron chi connectivity index (χ0n) is 8.94. The van der Waals surface area contributed by atoms with Crippen molar-refractivity contribution in [2.75, 3.05) is 6.61 Å². The summed E-state index contributed by atoms with van der Waals surface area (Å²) < 4.78 is 1.71. The van der Waals surface area contributed by atoms with Gasteiger partial charge in [0.1, 0.15) is 5.69 Å². The lowest BCUT2D eigenvalue weighted by Crippen LogP contribution is -2.29. The predicted molar refractivity (Wildman–Crippen MR) is 53.5 cm³/mol. The quantitative estimate of drug-likeness (QED) is 0.719. The van der Waals surface area contributed by atoms with Crippen molar-refractivity contribution in [2.24, 2.45) is 11.7 Å². The van der Waals surface area contributed by atoms with Crippen LogP contribution in [0.1, 0.15) is 26.5 Å². The summed E-state index contributed by atoms with van der Waals surface area (Å²) >= 11 is 0. The van der Waals surface area contributed by atoms with Crippen LogP contribution in [0.25, 0.3) is 0 Å². The topological polar surface area (TPSA) is 77.0 Å². The molecule has 0 aliphatic rings. The number of aliphatic hydroxyl groups excluding tert-OH is 1. The highest BCUT2D eigenvalue weighted by Gasteiger charge is 2.18. The van der Waals surface area contributed by atoms with Crippen molar-refractivity contribution in [2.45, 2.75) is 32.9 Å². The Labute approximate surface area is 83.9 Å². The first-order valence-electron chi connectivity index (χ1n) is 4.74. The Morgan fingerprint density at radius 3 is 2.71 bits per heavy atom. The number of hydrogen-bond donors (Lipinski definition) is 2. The zero-order valence-corrected chi connectivity index (χ0v) is 8.94. The first-order chi connectivity index (χ1) is 6.43. The molecule has 80 valence electrons. The number of nitrogens with two attached hydrogens (primary N) is 1. The summed E-state index contributed by atoms with van der Waals surface area (Å²) in [6.45, 7) is 6.55. The summed E-state index contributed by atoms with van der Waals surface area (Å²) in [5.41, 5.74) is 6.18. The van der Waals surface area contributed by atoms with Gasteiger partial charge < -0.3 is 10.8 Å². The molecule has 14 heavy (non-hydrogen) atoms. The minimum Gasteiger partial charge on any atom is -0.396 e. The van der Waals surface area contributed by atoms with E-state index in [1.54, 1.807) is 4.68 Å². The van der Waals surface area contributed by atoms with Crippen LogP contribution in [0.2, 0.25) is 0 Å². The second-order valence-electron chi connectivity index (χ2n) is 4.34. The molecule has 0 aromatic carbocycles. The molecule has 1 atom stereocenters. The highest BCUT2D eigenvalue weighted by atomic mass is 16.3. The van der Waals surface area contributed by atoms with Gasteiger partial charge in [0.05, 0.1) is 11.7 Å². The molecule has 0 fully saturated rings. The molecular formula is C9H18N4O. The normalized spacial score (nSPS) is 14.4. The lowest BCUT2D eigenvalue weighted by atomic mass is 10.0. The monoisotopic (exact) mass is 198 g/mol. The van der Waals surface area contributed by atoms with E-state index in [1.807, 2.05) is 27.0 Å². The smallest absolute Gasteiger partial charge is 0.102 e. The molecule has 1 aromatic rings. The Kier molecular flexibility index (Phi) is 3.23. The second kappa shape index (κ2) is 4.06. The van der Waals surface area contributed by atoms with E-state index in [9.17, 15) is 0 Å². The predicted octanol–water partition coefficient (Wildman–Crippen LogP) is 0.100. The van der Waals surface area contributed by atoms with Crippen molar-refractivity contribution in [1.82, 2.24) is 15.0 Å². The highest BCUT2D eigenvalue weighted by molar-refractivity contribution is 5.05. The van der Waals surface area contributed by atoms with Crippen LogP contribution in [-0.4, -0.2) is 26.7 Å². The maximum atomic E-state index is 8.88. The first kappa shape index (κ1) is 11.1. The molecule has 1 aromatic heterocycles. The molecule has 0 saturated heterocycles. The average molecular weight is 198 g/mol. The van der Waals surface area contributed by atoms with E-state index in [4.69, 9.17) is 10.8 Å². The van der Waals surface area contributed by atoms with Gasteiger partial charge in [0, 0.05) is 13.2 Å². The highest BCUT2D eigenvalue weighted by Crippen LogP contribution is 2.12. The van der Waals surface area contributed by atoms with Gasteiger partial charge >= 0.3 is 0 Å². The molecule has 1 unspecified atom stereocenters. The van der Waals surface area contributed by atoms with E-state index in [-0.39, 0.29) is 12.5 Å². The summed E-state index contributed by atoms with van der Waals surface area (Å²) in [7, 11) is 0. The second-order valence-corrected chi connectivity index (χ2v) is 4.34. The first-order valence-corrected chi connectivity index (χ1v) is 4.74. The van der Waals surface area contributed by atoms with Crippen LogP contribution in [0.5, 0.6) is 0 Å². The molecule has 0 bridgehead atoms. The maximum Gasteiger partial charge on any atom is 0.102 e. The van der Waals surface area contributed by atoms with Crippen LogP contribution in [0.3, 0.4) is 0 Å². The van der Waals surface area contributed by atoms with Gasteiger partial charge in [-0.1, -0.05) is 12.1 Å². The molecule has 0 radical (unpaired) electrons. The fourth-order valence-corrected chi connectivity index (χ4v) is 1.06. The van der Waals surface area contributed by atoms with E-state index in [1.165, 1.54) is 0 Å². The molecule has 1 rings (SSSR count). The fraction of sp³-hybridized carbons (Fsp3) is 0.778. The lowest BCUT2D eigenvalue weighted by molar-refractivity contribution is 0.218. The third-order valence-electron chi connectivity index (χ3n) is 2.01. The standard InChI is InChI=1S/C9H18N4O/c1-7(6-14)4-13-5-8(11-12-13)9(2,3)10/h5,7,14H,4,6,10H2,1-3H3. The van der Waals surface area contributed by atoms with Gasteiger partial charge in [0.25, 0.3) is 0 Å². The molecule has 0 aliphatic carbocycles. The van der Waals surface area contributed by atoms with E-state index in [2.05, 4.69) is 10.3 Å². The van der Waals surface area contributed by atoms with Gasteiger partial charge in [-0.05, 0) is 19.8 Å². The largest absolute Gasteiger partial charge is 0.396 e. The SMILES string of the molecule is CC(CO)Cn1cc(C(C)(C)N)nn1. The Balaban J connectivity index is 2.69. The number of aromatic nitrogens is 3. The molecule has 0 spiro atoms. The van der Waals surface area contributed by atoms with Gasteiger partial charge in [-0.2, -0.15) is 0 Å². The minimum absolute atomic E-state index is 0.154. The van der Waals surface area contributed by atoms with E-state index < -0.39 is 5.54 Å². The Hall–Kier alpha value is -0.940. The summed E-state index contributed by atoms with van der Waals surface area (Å²) in [5.74, 6) is 0.186. The molecular weight excluding hydrogens is 180 g/mol. The van der Waals surface area contributed by atoms with Gasteiger partial charge in [0.15, 0.2) is 0 Å². The van der Waals surface area contributed by atoms with E-state index >= 15 is 0 Å². The van der Waals surface area contributed by atoms with Crippen molar-refractivity contribution >= 4 is 0 Å². The van der Waals surface area contributed by atoms with Crippen LogP contribution in [-0.2, 0) is 12.1 Å². The molecule has 1 heterocycles. The summed E-state index contributed by atoms with van der Waals surface area (Å²) in [6, 6.07) is 0. The minimum atomic E-state index is -0.458. The van der Waals surface area contributed by atoms with Crippen molar-refractivity contribution in [3.63, 3.8) is 0 Å². The van der Waals surface area contributed by atoms with Crippen molar-refractivity contribution in [1.29, 1.82) is 0 Å². The van der Waals surface area contributed by atoms with Gasteiger partial charge in [-0.15, -0.1) is 5.10 Å². The van der Waals surface area contributed by atoms with Crippen LogP contribution in [0.15, 0.2) is 6.20 Å². The number of nitrogens with zero attached hydrogens (tertiary/aromatic N) is 3. The number of aliphatic hydroxyl groups is 1. The maximum absolute atomic E-state index is 8.88. The lowest BCUT2D eigenvalue weighted by Gasteiger charge is -2.13. The Bertz CT molecular complexity index is 289. The van der Waals surface area contributed by atoms with Crippen molar-refractivity contribution in [3.8, 4) is 0 Å². The molecule has 5 heteroatoms. The molecule has 0 aliphatic heterocycles. The van der Waals surface area contributed by atoms with Crippen molar-refractivity contribution in [3.05, 3.63) is 11.9 Å². The van der Waals surface area contributed by atoms with Crippen LogP contribution in [0, 0.1) is 5.92 Å². The fourth-order valence-electron chi connectivity index (χ4n) is 1.06. The van der Waals surface area contributed by atoms with Gasteiger partial charge in [-0.3, -0.25) is 4.68 Å². The molecule has 5 nitrogen and oxygen atoms in total. The van der Waals surface area contributed by atoms with E-state index in [0.717, 1.165) is 5.69 Å². The van der Waals surface area contributed by atoms with Crippen LogP contribution in [0.4, 0.5) is 0 Å². The van der Waals surface area contributed by atoms with Gasteiger partial charge in [-0.25, -0.2) is 0 Å². The number of hydrogen-bond acceptors (Lipinski definition) is 4. The Morgan fingerprint density at radius 2 is 2.29 bits per heavy atom.